The van der Waals surface area contributed by atoms with Gasteiger partial charge in [-0.05, 0) is 43.2 Å². The number of carbonyl (C=O) groups is 1. The quantitative estimate of drug-likeness (QED) is 0.756. The summed E-state index contributed by atoms with van der Waals surface area (Å²) in [5, 5.41) is 6.76. The fourth-order valence-corrected chi connectivity index (χ4v) is 2.24. The van der Waals surface area contributed by atoms with Gasteiger partial charge in [0.1, 0.15) is 0 Å². The van der Waals surface area contributed by atoms with E-state index in [1.165, 1.54) is 0 Å². The van der Waals surface area contributed by atoms with Crippen molar-refractivity contribution >= 4 is 34.6 Å². The number of anilines is 3. The summed E-state index contributed by atoms with van der Waals surface area (Å²) in [5.74, 6) is -0.112. The maximum atomic E-state index is 12.3. The SMILES string of the molecule is Nc1ccc(Nc2ccccc2Cl)c(C(=O)NC2CC2)c1. The first-order valence-electron chi connectivity index (χ1n) is 6.85. The van der Waals surface area contributed by atoms with Gasteiger partial charge in [0, 0.05) is 11.7 Å². The van der Waals surface area contributed by atoms with Crippen LogP contribution in [0.25, 0.3) is 0 Å². The van der Waals surface area contributed by atoms with Crippen molar-refractivity contribution in [2.45, 2.75) is 18.9 Å². The number of nitrogens with one attached hydrogen (secondary N) is 2. The van der Waals surface area contributed by atoms with Gasteiger partial charge in [-0.3, -0.25) is 4.79 Å². The number of carbonyl (C=O) groups excluding carboxylic acids is 1. The average molecular weight is 302 g/mol. The number of halogens is 1. The van der Waals surface area contributed by atoms with E-state index in [0.29, 0.717) is 28.0 Å². The molecule has 0 spiro atoms. The van der Waals surface area contributed by atoms with Crippen molar-refractivity contribution in [3.63, 3.8) is 0 Å². The molecule has 2 aromatic rings. The molecule has 1 aliphatic carbocycles. The molecule has 4 N–H and O–H groups in total. The molecule has 0 heterocycles. The summed E-state index contributed by atoms with van der Waals surface area (Å²) >= 11 is 6.14. The Morgan fingerprint density at radius 2 is 1.90 bits per heavy atom. The molecule has 0 atom stereocenters. The van der Waals surface area contributed by atoms with Crippen LogP contribution >= 0.6 is 11.6 Å². The van der Waals surface area contributed by atoms with Crippen LogP contribution in [0.1, 0.15) is 23.2 Å². The van der Waals surface area contributed by atoms with E-state index in [-0.39, 0.29) is 5.91 Å². The number of para-hydroxylation sites is 1. The first kappa shape index (κ1) is 13.8. The molecule has 1 aliphatic rings. The standard InChI is InChI=1S/C16H16ClN3O/c17-13-3-1-2-4-15(13)20-14-8-5-10(18)9-12(14)16(21)19-11-6-7-11/h1-5,8-9,11,20H,6-7,18H2,(H,19,21). The average Bonchev–Trinajstić information content (AvgIpc) is 3.27. The van der Waals surface area contributed by atoms with Crippen LogP contribution in [0.15, 0.2) is 42.5 Å². The molecule has 5 heteroatoms. The van der Waals surface area contributed by atoms with Crippen LogP contribution in [0.2, 0.25) is 5.02 Å². The Kier molecular flexibility index (Phi) is 3.71. The fourth-order valence-electron chi connectivity index (χ4n) is 2.06. The molecule has 1 fully saturated rings. The van der Waals surface area contributed by atoms with Gasteiger partial charge in [-0.2, -0.15) is 0 Å². The largest absolute Gasteiger partial charge is 0.399 e. The molecule has 21 heavy (non-hydrogen) atoms. The maximum absolute atomic E-state index is 12.3. The molecule has 0 unspecified atom stereocenters. The zero-order chi connectivity index (χ0) is 14.8. The third-order valence-corrected chi connectivity index (χ3v) is 3.67. The molecular formula is C16H16ClN3O. The monoisotopic (exact) mass is 301 g/mol. The van der Waals surface area contributed by atoms with Gasteiger partial charge < -0.3 is 16.4 Å². The zero-order valence-electron chi connectivity index (χ0n) is 11.4. The van der Waals surface area contributed by atoms with Crippen molar-refractivity contribution in [3.05, 3.63) is 53.1 Å². The molecule has 1 amide bonds. The van der Waals surface area contributed by atoms with Crippen molar-refractivity contribution < 1.29 is 4.79 Å². The third kappa shape index (κ3) is 3.28. The molecule has 1 saturated carbocycles. The molecular weight excluding hydrogens is 286 g/mol. The lowest BCUT2D eigenvalue weighted by Gasteiger charge is -2.14. The van der Waals surface area contributed by atoms with E-state index in [0.717, 1.165) is 18.5 Å². The van der Waals surface area contributed by atoms with Gasteiger partial charge in [-0.25, -0.2) is 0 Å². The van der Waals surface area contributed by atoms with E-state index in [4.69, 9.17) is 17.3 Å². The van der Waals surface area contributed by atoms with Gasteiger partial charge in [0.15, 0.2) is 0 Å². The molecule has 2 aromatic carbocycles. The van der Waals surface area contributed by atoms with Crippen LogP contribution in [-0.2, 0) is 0 Å². The highest BCUT2D eigenvalue weighted by Crippen LogP contribution is 2.29. The van der Waals surface area contributed by atoms with E-state index < -0.39 is 0 Å². The Morgan fingerprint density at radius 1 is 1.14 bits per heavy atom. The molecule has 0 aliphatic heterocycles. The number of rotatable bonds is 4. The number of nitrogens with two attached hydrogens (primary N) is 1. The Labute approximate surface area is 128 Å². The highest BCUT2D eigenvalue weighted by Gasteiger charge is 2.25. The zero-order valence-corrected chi connectivity index (χ0v) is 12.2. The molecule has 4 nitrogen and oxygen atoms in total. The van der Waals surface area contributed by atoms with E-state index >= 15 is 0 Å². The summed E-state index contributed by atoms with van der Waals surface area (Å²) in [7, 11) is 0. The minimum Gasteiger partial charge on any atom is -0.399 e. The van der Waals surface area contributed by atoms with Crippen molar-refractivity contribution in [1.29, 1.82) is 0 Å². The van der Waals surface area contributed by atoms with E-state index in [2.05, 4.69) is 10.6 Å². The number of amides is 1. The second-order valence-corrected chi connectivity index (χ2v) is 5.56. The second kappa shape index (κ2) is 5.66. The number of benzene rings is 2. The Balaban J connectivity index is 1.90. The summed E-state index contributed by atoms with van der Waals surface area (Å²) in [6, 6.07) is 12.9. The predicted molar refractivity (Wildman–Crippen MR) is 86.1 cm³/mol. The van der Waals surface area contributed by atoms with Gasteiger partial charge in [0.05, 0.1) is 22.0 Å². The van der Waals surface area contributed by atoms with E-state index in [1.54, 1.807) is 24.3 Å². The molecule has 0 saturated heterocycles. The Bertz CT molecular complexity index is 683. The summed E-state index contributed by atoms with van der Waals surface area (Å²) < 4.78 is 0. The van der Waals surface area contributed by atoms with Crippen LogP contribution in [0.3, 0.4) is 0 Å². The van der Waals surface area contributed by atoms with E-state index in [9.17, 15) is 4.79 Å². The first-order chi connectivity index (χ1) is 10.1. The summed E-state index contributed by atoms with van der Waals surface area (Å²) in [6.45, 7) is 0. The lowest BCUT2D eigenvalue weighted by molar-refractivity contribution is 0.0952. The lowest BCUT2D eigenvalue weighted by Crippen LogP contribution is -2.26. The van der Waals surface area contributed by atoms with E-state index in [1.807, 2.05) is 18.2 Å². The van der Waals surface area contributed by atoms with Crippen molar-refractivity contribution in [3.8, 4) is 0 Å². The highest BCUT2D eigenvalue weighted by atomic mass is 35.5. The van der Waals surface area contributed by atoms with Gasteiger partial charge in [-0.1, -0.05) is 23.7 Å². The first-order valence-corrected chi connectivity index (χ1v) is 7.23. The minimum atomic E-state index is -0.112. The van der Waals surface area contributed by atoms with Gasteiger partial charge >= 0.3 is 0 Å². The molecule has 0 bridgehead atoms. The Hall–Kier alpha value is -2.20. The predicted octanol–water partition coefficient (Wildman–Crippen LogP) is 3.56. The van der Waals surface area contributed by atoms with Crippen LogP contribution in [0.4, 0.5) is 17.1 Å². The smallest absolute Gasteiger partial charge is 0.253 e. The van der Waals surface area contributed by atoms with Crippen LogP contribution < -0.4 is 16.4 Å². The normalized spacial score (nSPS) is 13.8. The number of hydrogen-bond acceptors (Lipinski definition) is 3. The molecule has 108 valence electrons. The summed E-state index contributed by atoms with van der Waals surface area (Å²) in [4.78, 5) is 12.3. The van der Waals surface area contributed by atoms with Crippen molar-refractivity contribution in [2.75, 3.05) is 11.1 Å². The summed E-state index contributed by atoms with van der Waals surface area (Å²) in [5.41, 5.74) is 8.33. The van der Waals surface area contributed by atoms with Crippen LogP contribution in [0, 0.1) is 0 Å². The van der Waals surface area contributed by atoms with Gasteiger partial charge in [0.2, 0.25) is 0 Å². The van der Waals surface area contributed by atoms with Crippen LogP contribution in [0.5, 0.6) is 0 Å². The van der Waals surface area contributed by atoms with Crippen molar-refractivity contribution in [2.24, 2.45) is 0 Å². The highest BCUT2D eigenvalue weighted by molar-refractivity contribution is 6.33. The molecule has 3 rings (SSSR count). The van der Waals surface area contributed by atoms with Crippen LogP contribution in [-0.4, -0.2) is 11.9 Å². The third-order valence-electron chi connectivity index (χ3n) is 3.34. The van der Waals surface area contributed by atoms with Gasteiger partial charge in [0.25, 0.3) is 5.91 Å². The Morgan fingerprint density at radius 3 is 2.62 bits per heavy atom. The fraction of sp³-hybridized carbons (Fsp3) is 0.188. The lowest BCUT2D eigenvalue weighted by atomic mass is 10.1. The molecule has 0 aromatic heterocycles. The summed E-state index contributed by atoms with van der Waals surface area (Å²) in [6.07, 6.45) is 2.09. The maximum Gasteiger partial charge on any atom is 0.253 e. The topological polar surface area (TPSA) is 67.1 Å². The second-order valence-electron chi connectivity index (χ2n) is 5.16. The van der Waals surface area contributed by atoms with Gasteiger partial charge in [-0.15, -0.1) is 0 Å². The number of nitrogen functional groups attached to an aromatic ring is 1. The van der Waals surface area contributed by atoms with Crippen molar-refractivity contribution in [1.82, 2.24) is 5.32 Å². The minimum absolute atomic E-state index is 0.112. The number of hydrogen-bond donors (Lipinski definition) is 3. The molecule has 0 radical (unpaired) electrons.